The highest BCUT2D eigenvalue weighted by Gasteiger charge is 2.28. The molecule has 1 amide bonds. The molecule has 1 heterocycles. The van der Waals surface area contributed by atoms with E-state index < -0.39 is 16.0 Å². The molecular formula is C25H22ClN3O5S. The van der Waals surface area contributed by atoms with Gasteiger partial charge in [-0.15, -0.1) is 0 Å². The van der Waals surface area contributed by atoms with E-state index in [9.17, 15) is 18.0 Å². The number of aliphatic carboxylic acids is 1. The van der Waals surface area contributed by atoms with Crippen LogP contribution >= 0.6 is 11.6 Å². The highest BCUT2D eigenvalue weighted by molar-refractivity contribution is 7.92. The van der Waals surface area contributed by atoms with Crippen molar-refractivity contribution in [3.63, 3.8) is 0 Å². The molecule has 1 aliphatic rings. The third-order valence-corrected chi connectivity index (χ3v) is 7.01. The largest absolute Gasteiger partial charge is 0.481 e. The Labute approximate surface area is 207 Å². The summed E-state index contributed by atoms with van der Waals surface area (Å²) in [5, 5.41) is 15.7. The lowest BCUT2D eigenvalue weighted by molar-refractivity contribution is -0.136. The van der Waals surface area contributed by atoms with Crippen molar-refractivity contribution in [3.8, 4) is 0 Å². The molecule has 0 aliphatic carbocycles. The van der Waals surface area contributed by atoms with Gasteiger partial charge >= 0.3 is 5.97 Å². The number of carboxylic acid groups (broad SMARTS) is 1. The summed E-state index contributed by atoms with van der Waals surface area (Å²) in [5.41, 5.74) is 4.59. The molecule has 8 nitrogen and oxygen atoms in total. The minimum Gasteiger partial charge on any atom is -0.481 e. The number of sulfonamides is 1. The first-order valence-electron chi connectivity index (χ1n) is 10.5. The number of rotatable bonds is 7. The lowest BCUT2D eigenvalue weighted by Crippen LogP contribution is -2.24. The summed E-state index contributed by atoms with van der Waals surface area (Å²) < 4.78 is 24.8. The molecule has 10 heteroatoms. The normalized spacial score (nSPS) is 14.2. The maximum atomic E-state index is 13.0. The Morgan fingerprint density at radius 2 is 1.71 bits per heavy atom. The van der Waals surface area contributed by atoms with Gasteiger partial charge in [0, 0.05) is 23.3 Å². The number of halogens is 1. The third kappa shape index (κ3) is 5.31. The molecule has 0 radical (unpaired) electrons. The molecule has 35 heavy (non-hydrogen) atoms. The molecule has 0 fully saturated rings. The van der Waals surface area contributed by atoms with Crippen LogP contribution in [0.2, 0.25) is 5.02 Å². The lowest BCUT2D eigenvalue weighted by Gasteiger charge is -2.18. The van der Waals surface area contributed by atoms with Crippen molar-refractivity contribution in [2.75, 3.05) is 28.2 Å². The second-order valence-corrected chi connectivity index (χ2v) is 10.5. The predicted molar refractivity (Wildman–Crippen MR) is 138 cm³/mol. The van der Waals surface area contributed by atoms with E-state index in [2.05, 4.69) is 10.6 Å². The maximum absolute atomic E-state index is 13.0. The van der Waals surface area contributed by atoms with Gasteiger partial charge in [0.2, 0.25) is 10.0 Å². The van der Waals surface area contributed by atoms with Gasteiger partial charge in [-0.05, 0) is 47.5 Å². The number of carboxylic acids is 1. The van der Waals surface area contributed by atoms with E-state index in [1.807, 2.05) is 0 Å². The molecule has 0 aromatic heterocycles. The number of benzene rings is 3. The van der Waals surface area contributed by atoms with Crippen molar-refractivity contribution in [1.82, 2.24) is 0 Å². The fraction of sp³-hybridized carbons (Fsp3) is 0.120. The zero-order chi connectivity index (χ0) is 25.3. The highest BCUT2D eigenvalue weighted by atomic mass is 35.5. The Morgan fingerprint density at radius 3 is 2.31 bits per heavy atom. The summed E-state index contributed by atoms with van der Waals surface area (Å²) in [6.07, 6.45) is 1.01. The number of amides is 1. The molecule has 0 saturated carbocycles. The second-order valence-electron chi connectivity index (χ2n) is 8.06. The zero-order valence-electron chi connectivity index (χ0n) is 18.9. The number of fused-ring (bicyclic) bond motifs is 1. The quantitative estimate of drug-likeness (QED) is 0.407. The topological polar surface area (TPSA) is 116 Å². The molecule has 0 unspecified atom stereocenters. The summed E-state index contributed by atoms with van der Waals surface area (Å²) in [4.78, 5) is 24.1. The maximum Gasteiger partial charge on any atom is 0.307 e. The van der Waals surface area contributed by atoms with Gasteiger partial charge < -0.3 is 15.7 Å². The van der Waals surface area contributed by atoms with E-state index in [0.29, 0.717) is 50.0 Å². The second kappa shape index (κ2) is 9.44. The molecule has 4 rings (SSSR count). The first kappa shape index (κ1) is 24.3. The molecule has 1 aliphatic heterocycles. The van der Waals surface area contributed by atoms with Gasteiger partial charge in [0.1, 0.15) is 0 Å². The standard InChI is InChI=1S/C25H22ClN3O5S/c1-29(35(2,33)34)19-10-8-18(9-11-19)27-24(16-5-3-15(4-6-16)13-22(30)31)23-20-12-7-17(26)14-21(20)28-25(23)32/h3-12,14,27H,13H2,1-2H3,(H,28,32)(H,30,31)/b24-23-. The van der Waals surface area contributed by atoms with Crippen LogP contribution in [0.15, 0.2) is 66.7 Å². The molecule has 3 N–H and O–H groups in total. The molecule has 0 atom stereocenters. The van der Waals surface area contributed by atoms with Crippen molar-refractivity contribution in [1.29, 1.82) is 0 Å². The van der Waals surface area contributed by atoms with Gasteiger partial charge in [-0.2, -0.15) is 0 Å². The van der Waals surface area contributed by atoms with Crippen LogP contribution in [0.5, 0.6) is 0 Å². The fourth-order valence-corrected chi connectivity index (χ4v) is 4.40. The van der Waals surface area contributed by atoms with E-state index in [-0.39, 0.29) is 12.3 Å². The minimum atomic E-state index is -3.41. The van der Waals surface area contributed by atoms with Gasteiger partial charge in [0.15, 0.2) is 0 Å². The highest BCUT2D eigenvalue weighted by Crippen LogP contribution is 2.39. The smallest absolute Gasteiger partial charge is 0.307 e. The van der Waals surface area contributed by atoms with E-state index in [1.165, 1.54) is 11.4 Å². The zero-order valence-corrected chi connectivity index (χ0v) is 20.4. The number of carbonyl (C=O) groups is 2. The summed E-state index contributed by atoms with van der Waals surface area (Å²) in [6, 6.07) is 18.8. The average molecular weight is 512 g/mol. The Balaban J connectivity index is 1.79. The number of carbonyl (C=O) groups excluding carboxylic acids is 1. The van der Waals surface area contributed by atoms with E-state index >= 15 is 0 Å². The first-order valence-corrected chi connectivity index (χ1v) is 12.7. The third-order valence-electron chi connectivity index (χ3n) is 5.57. The van der Waals surface area contributed by atoms with Crippen molar-refractivity contribution in [2.24, 2.45) is 0 Å². The molecule has 3 aromatic rings. The molecule has 0 saturated heterocycles. The molecule has 0 spiro atoms. The molecular weight excluding hydrogens is 490 g/mol. The van der Waals surface area contributed by atoms with Crippen LogP contribution in [0.1, 0.15) is 16.7 Å². The Kier molecular flexibility index (Phi) is 6.56. The van der Waals surface area contributed by atoms with Crippen LogP contribution in [0.25, 0.3) is 11.3 Å². The van der Waals surface area contributed by atoms with Crippen LogP contribution in [0.3, 0.4) is 0 Å². The number of anilines is 3. The minimum absolute atomic E-state index is 0.114. The van der Waals surface area contributed by atoms with Crippen molar-refractivity contribution in [2.45, 2.75) is 6.42 Å². The average Bonchev–Trinajstić information content (AvgIpc) is 3.11. The van der Waals surface area contributed by atoms with Crippen LogP contribution in [0.4, 0.5) is 17.1 Å². The van der Waals surface area contributed by atoms with Crippen molar-refractivity contribution in [3.05, 3.63) is 88.4 Å². The fourth-order valence-electron chi connectivity index (χ4n) is 3.73. The van der Waals surface area contributed by atoms with Crippen LogP contribution in [-0.2, 0) is 26.0 Å². The van der Waals surface area contributed by atoms with Gasteiger partial charge in [-0.25, -0.2) is 8.42 Å². The predicted octanol–water partition coefficient (Wildman–Crippen LogP) is 4.30. The van der Waals surface area contributed by atoms with E-state index in [0.717, 1.165) is 6.26 Å². The molecule has 0 bridgehead atoms. The first-order chi connectivity index (χ1) is 16.5. The van der Waals surface area contributed by atoms with Crippen molar-refractivity contribution < 1.29 is 23.1 Å². The molecule has 3 aromatic carbocycles. The summed E-state index contributed by atoms with van der Waals surface area (Å²) in [6.45, 7) is 0. The molecule has 180 valence electrons. The Morgan fingerprint density at radius 1 is 1.06 bits per heavy atom. The number of nitrogens with one attached hydrogen (secondary N) is 2. The number of hydrogen-bond donors (Lipinski definition) is 3. The van der Waals surface area contributed by atoms with Gasteiger partial charge in [-0.1, -0.05) is 41.9 Å². The van der Waals surface area contributed by atoms with E-state index in [1.54, 1.807) is 66.7 Å². The van der Waals surface area contributed by atoms with Crippen LogP contribution in [-0.4, -0.2) is 38.7 Å². The monoisotopic (exact) mass is 511 g/mol. The van der Waals surface area contributed by atoms with Crippen LogP contribution < -0.4 is 14.9 Å². The number of nitrogens with zero attached hydrogens (tertiary/aromatic N) is 1. The number of hydrogen-bond acceptors (Lipinski definition) is 5. The van der Waals surface area contributed by atoms with E-state index in [4.69, 9.17) is 16.7 Å². The summed E-state index contributed by atoms with van der Waals surface area (Å²) in [7, 11) is -1.94. The van der Waals surface area contributed by atoms with Gasteiger partial charge in [0.05, 0.1) is 35.3 Å². The summed E-state index contributed by atoms with van der Waals surface area (Å²) >= 11 is 6.10. The lowest BCUT2D eigenvalue weighted by atomic mass is 9.98. The van der Waals surface area contributed by atoms with Crippen LogP contribution in [0, 0.1) is 0 Å². The van der Waals surface area contributed by atoms with Crippen molar-refractivity contribution >= 4 is 61.8 Å². The SMILES string of the molecule is CN(c1ccc(N/C(=C2\C(=O)Nc3cc(Cl)ccc32)c2ccc(CC(=O)O)cc2)cc1)S(C)(=O)=O. The Bertz CT molecular complexity index is 1450. The Hall–Kier alpha value is -3.82. The summed E-state index contributed by atoms with van der Waals surface area (Å²) in [5.74, 6) is -1.25. The van der Waals surface area contributed by atoms with Gasteiger partial charge in [-0.3, -0.25) is 13.9 Å². The van der Waals surface area contributed by atoms with Gasteiger partial charge in [0.25, 0.3) is 5.91 Å².